The summed E-state index contributed by atoms with van der Waals surface area (Å²) >= 11 is 1.77. The second-order valence-electron chi connectivity index (χ2n) is 4.00. The fraction of sp³-hybridized carbons (Fsp3) is 0. The third-order valence-electron chi connectivity index (χ3n) is 2.58. The first kappa shape index (κ1) is 15.3. The van der Waals surface area contributed by atoms with Crippen molar-refractivity contribution < 1.29 is 18.5 Å². The first-order chi connectivity index (χ1) is 9.88. The molecule has 0 saturated heterocycles. The number of rotatable bonds is 3. The van der Waals surface area contributed by atoms with Gasteiger partial charge in [-0.25, -0.2) is 8.78 Å². The van der Waals surface area contributed by atoms with Crippen molar-refractivity contribution in [2.24, 2.45) is 0 Å². The van der Waals surface area contributed by atoms with Crippen LogP contribution in [0.5, 0.6) is 0 Å². The van der Waals surface area contributed by atoms with Gasteiger partial charge in [-0.05, 0) is 46.9 Å². The molecule has 0 aromatic heterocycles. The van der Waals surface area contributed by atoms with Crippen molar-refractivity contribution in [1.82, 2.24) is 0 Å². The van der Waals surface area contributed by atoms with E-state index >= 15 is 0 Å². The molecule has 1 amide bonds. The molecule has 2 aromatic carbocycles. The molecule has 5 nitrogen and oxygen atoms in total. The van der Waals surface area contributed by atoms with Crippen LogP contribution in [-0.4, -0.2) is 10.8 Å². The van der Waals surface area contributed by atoms with Gasteiger partial charge in [0.15, 0.2) is 0 Å². The maximum Gasteiger partial charge on any atom is 0.271 e. The van der Waals surface area contributed by atoms with Crippen molar-refractivity contribution >= 4 is 39.9 Å². The van der Waals surface area contributed by atoms with Crippen LogP contribution in [0.4, 0.5) is 20.2 Å². The van der Waals surface area contributed by atoms with Crippen LogP contribution < -0.4 is 5.32 Å². The second-order valence-corrected chi connectivity index (χ2v) is 5.16. The molecule has 0 radical (unpaired) electrons. The van der Waals surface area contributed by atoms with Crippen molar-refractivity contribution in [3.63, 3.8) is 0 Å². The summed E-state index contributed by atoms with van der Waals surface area (Å²) in [6.07, 6.45) is 0. The summed E-state index contributed by atoms with van der Waals surface area (Å²) in [5.74, 6) is -1.98. The van der Waals surface area contributed by atoms with Gasteiger partial charge in [-0.1, -0.05) is 0 Å². The Labute approximate surface area is 131 Å². The predicted molar refractivity (Wildman–Crippen MR) is 80.1 cm³/mol. The van der Waals surface area contributed by atoms with Gasteiger partial charge < -0.3 is 5.32 Å². The number of carbonyl (C=O) groups is 1. The van der Waals surface area contributed by atoms with Crippen molar-refractivity contribution in [2.75, 3.05) is 5.32 Å². The number of halogens is 3. The molecule has 0 heterocycles. The lowest BCUT2D eigenvalue weighted by atomic mass is 10.2. The van der Waals surface area contributed by atoms with E-state index in [-0.39, 0.29) is 16.9 Å². The monoisotopic (exact) mass is 404 g/mol. The SMILES string of the molecule is O=C(Nc1cc([N+](=O)[O-])ccc1F)c1ccc(F)cc1I. The van der Waals surface area contributed by atoms with Crippen molar-refractivity contribution in [3.05, 3.63) is 67.3 Å². The van der Waals surface area contributed by atoms with E-state index in [1.54, 1.807) is 22.6 Å². The number of benzene rings is 2. The van der Waals surface area contributed by atoms with E-state index in [1.807, 2.05) is 0 Å². The molecule has 1 N–H and O–H groups in total. The zero-order valence-corrected chi connectivity index (χ0v) is 12.4. The lowest BCUT2D eigenvalue weighted by molar-refractivity contribution is -0.384. The summed E-state index contributed by atoms with van der Waals surface area (Å²) in [6.45, 7) is 0. The van der Waals surface area contributed by atoms with Gasteiger partial charge in [-0.2, -0.15) is 0 Å². The Morgan fingerprint density at radius 3 is 2.52 bits per heavy atom. The van der Waals surface area contributed by atoms with E-state index in [2.05, 4.69) is 5.32 Å². The minimum atomic E-state index is -0.800. The first-order valence-electron chi connectivity index (χ1n) is 5.59. The zero-order chi connectivity index (χ0) is 15.6. The summed E-state index contributed by atoms with van der Waals surface area (Å²) in [5.41, 5.74) is -0.516. The number of nitro groups is 1. The molecule has 0 aliphatic rings. The molecular weight excluding hydrogens is 397 g/mol. The number of anilines is 1. The molecule has 0 fully saturated rings. The fourth-order valence-corrected chi connectivity index (χ4v) is 2.31. The molecule has 0 saturated carbocycles. The van der Waals surface area contributed by atoms with Crippen LogP contribution in [0.2, 0.25) is 0 Å². The van der Waals surface area contributed by atoms with Crippen molar-refractivity contribution in [1.29, 1.82) is 0 Å². The average molecular weight is 404 g/mol. The van der Waals surface area contributed by atoms with Crippen molar-refractivity contribution in [2.45, 2.75) is 0 Å². The number of nitrogens with one attached hydrogen (secondary N) is 1. The van der Waals surface area contributed by atoms with E-state index in [9.17, 15) is 23.7 Å². The molecule has 0 bridgehead atoms. The number of hydrogen-bond acceptors (Lipinski definition) is 3. The van der Waals surface area contributed by atoms with Crippen LogP contribution >= 0.6 is 22.6 Å². The van der Waals surface area contributed by atoms with Crippen LogP contribution in [0, 0.1) is 25.3 Å². The number of carbonyl (C=O) groups excluding carboxylic acids is 1. The Balaban J connectivity index is 2.31. The Morgan fingerprint density at radius 1 is 1.19 bits per heavy atom. The highest BCUT2D eigenvalue weighted by atomic mass is 127. The van der Waals surface area contributed by atoms with Crippen LogP contribution in [0.1, 0.15) is 10.4 Å². The molecule has 2 rings (SSSR count). The summed E-state index contributed by atoms with van der Waals surface area (Å²) in [5, 5.41) is 12.9. The van der Waals surface area contributed by atoms with E-state index < -0.39 is 22.5 Å². The number of nitro benzene ring substituents is 1. The highest BCUT2D eigenvalue weighted by molar-refractivity contribution is 14.1. The summed E-state index contributed by atoms with van der Waals surface area (Å²) < 4.78 is 26.9. The zero-order valence-electron chi connectivity index (χ0n) is 10.3. The molecular formula is C13H7F2IN2O3. The van der Waals surface area contributed by atoms with Crippen LogP contribution in [0.3, 0.4) is 0 Å². The molecule has 108 valence electrons. The van der Waals surface area contributed by atoms with E-state index in [0.717, 1.165) is 30.3 Å². The third kappa shape index (κ3) is 3.51. The maximum atomic E-state index is 13.6. The number of hydrogen-bond donors (Lipinski definition) is 1. The molecule has 8 heteroatoms. The van der Waals surface area contributed by atoms with Gasteiger partial charge in [0, 0.05) is 15.7 Å². The van der Waals surface area contributed by atoms with Gasteiger partial charge in [0.05, 0.1) is 16.2 Å². The Kier molecular flexibility index (Phi) is 4.46. The standard InChI is InChI=1S/C13H7F2IN2O3/c14-7-1-3-9(11(16)5-7)13(19)17-12-6-8(18(20)21)2-4-10(12)15/h1-6H,(H,17,19). The molecule has 2 aromatic rings. The maximum absolute atomic E-state index is 13.6. The lowest BCUT2D eigenvalue weighted by Gasteiger charge is -2.08. The summed E-state index contributed by atoms with van der Waals surface area (Å²) in [6, 6.07) is 6.31. The molecule has 0 spiro atoms. The summed E-state index contributed by atoms with van der Waals surface area (Å²) in [4.78, 5) is 21.9. The summed E-state index contributed by atoms with van der Waals surface area (Å²) in [7, 11) is 0. The minimum absolute atomic E-state index is 0.142. The largest absolute Gasteiger partial charge is 0.319 e. The number of amides is 1. The topological polar surface area (TPSA) is 72.2 Å². The van der Waals surface area contributed by atoms with E-state index in [0.29, 0.717) is 3.57 Å². The van der Waals surface area contributed by atoms with Gasteiger partial charge >= 0.3 is 0 Å². The first-order valence-corrected chi connectivity index (χ1v) is 6.66. The Hall–Kier alpha value is -2.10. The van der Waals surface area contributed by atoms with Crippen LogP contribution in [-0.2, 0) is 0 Å². The smallest absolute Gasteiger partial charge is 0.271 e. The highest BCUT2D eigenvalue weighted by Gasteiger charge is 2.16. The minimum Gasteiger partial charge on any atom is -0.319 e. The van der Waals surface area contributed by atoms with Gasteiger partial charge in [-0.3, -0.25) is 14.9 Å². The van der Waals surface area contributed by atoms with Gasteiger partial charge in [0.25, 0.3) is 11.6 Å². The molecule has 0 unspecified atom stereocenters. The third-order valence-corrected chi connectivity index (χ3v) is 3.48. The van der Waals surface area contributed by atoms with Crippen molar-refractivity contribution in [3.8, 4) is 0 Å². The van der Waals surface area contributed by atoms with Gasteiger partial charge in [0.2, 0.25) is 0 Å². The Morgan fingerprint density at radius 2 is 1.90 bits per heavy atom. The van der Waals surface area contributed by atoms with Gasteiger partial charge in [-0.15, -0.1) is 0 Å². The molecule has 21 heavy (non-hydrogen) atoms. The van der Waals surface area contributed by atoms with Crippen LogP contribution in [0.15, 0.2) is 36.4 Å². The molecule has 0 aliphatic heterocycles. The molecule has 0 atom stereocenters. The molecule has 0 aliphatic carbocycles. The number of nitrogens with zero attached hydrogens (tertiary/aromatic N) is 1. The van der Waals surface area contributed by atoms with E-state index in [1.165, 1.54) is 6.07 Å². The van der Waals surface area contributed by atoms with E-state index in [4.69, 9.17) is 0 Å². The predicted octanol–water partition coefficient (Wildman–Crippen LogP) is 3.73. The Bertz CT molecular complexity index is 737. The highest BCUT2D eigenvalue weighted by Crippen LogP contribution is 2.23. The lowest BCUT2D eigenvalue weighted by Crippen LogP contribution is -2.14. The van der Waals surface area contributed by atoms with Gasteiger partial charge in [0.1, 0.15) is 11.6 Å². The number of non-ortho nitro benzene ring substituents is 1. The second kappa shape index (κ2) is 6.12. The van der Waals surface area contributed by atoms with Crippen LogP contribution in [0.25, 0.3) is 0 Å². The fourth-order valence-electron chi connectivity index (χ4n) is 1.59. The quantitative estimate of drug-likeness (QED) is 0.482. The average Bonchev–Trinajstić information content (AvgIpc) is 2.40. The normalized spacial score (nSPS) is 10.2.